The van der Waals surface area contributed by atoms with Gasteiger partial charge in [0.05, 0.1) is 6.04 Å². The molecule has 0 saturated carbocycles. The zero-order valence-corrected chi connectivity index (χ0v) is 15.8. The van der Waals surface area contributed by atoms with Crippen LogP contribution in [0.4, 0.5) is 22.0 Å². The van der Waals surface area contributed by atoms with E-state index in [1.807, 2.05) is 26.0 Å². The van der Waals surface area contributed by atoms with E-state index in [1.54, 1.807) is 11.8 Å². The second-order valence-electron chi connectivity index (χ2n) is 6.82. The fourth-order valence-corrected chi connectivity index (χ4v) is 3.52. The quantitative estimate of drug-likeness (QED) is 0.454. The number of aliphatic imine (C=N–C) groups is 2. The van der Waals surface area contributed by atoms with Crippen LogP contribution in [0.5, 0.6) is 0 Å². The normalized spacial score (nSPS) is 17.9. The first-order valence-corrected chi connectivity index (χ1v) is 9.20. The minimum Gasteiger partial charge on any atom is -0.255 e. The van der Waals surface area contributed by atoms with Crippen molar-refractivity contribution in [3.05, 3.63) is 28.8 Å². The minimum atomic E-state index is -5.70. The van der Waals surface area contributed by atoms with Crippen LogP contribution < -0.4 is 0 Å². The molecule has 0 aliphatic carbocycles. The van der Waals surface area contributed by atoms with Crippen molar-refractivity contribution in [3.8, 4) is 0 Å². The number of thioether (sulfide) groups is 1. The van der Waals surface area contributed by atoms with Gasteiger partial charge in [0.1, 0.15) is 0 Å². The van der Waals surface area contributed by atoms with Crippen LogP contribution in [-0.4, -0.2) is 35.9 Å². The Morgan fingerprint density at radius 1 is 1.08 bits per heavy atom. The van der Waals surface area contributed by atoms with Crippen molar-refractivity contribution in [2.75, 3.05) is 5.75 Å². The molecule has 1 atom stereocenters. The highest BCUT2D eigenvalue weighted by Gasteiger charge is 2.62. The number of nitrogens with zero attached hydrogens (tertiary/aromatic N) is 2. The van der Waals surface area contributed by atoms with Crippen LogP contribution in [0, 0.1) is 19.8 Å². The first-order valence-electron chi connectivity index (χ1n) is 8.21. The molecule has 144 valence electrons. The topological polar surface area (TPSA) is 24.7 Å². The van der Waals surface area contributed by atoms with E-state index >= 15 is 0 Å². The molecule has 1 unspecified atom stereocenters. The van der Waals surface area contributed by atoms with Crippen molar-refractivity contribution in [2.45, 2.75) is 57.2 Å². The van der Waals surface area contributed by atoms with Gasteiger partial charge in [-0.3, -0.25) is 4.99 Å². The van der Waals surface area contributed by atoms with Crippen molar-refractivity contribution in [3.63, 3.8) is 0 Å². The predicted octanol–water partition coefficient (Wildman–Crippen LogP) is 5.64. The Morgan fingerprint density at radius 2 is 1.73 bits per heavy atom. The van der Waals surface area contributed by atoms with E-state index in [-0.39, 0.29) is 6.42 Å². The van der Waals surface area contributed by atoms with E-state index in [0.717, 1.165) is 33.6 Å². The molecule has 2 nitrogen and oxygen atoms in total. The fraction of sp³-hybridized carbons (Fsp3) is 0.556. The van der Waals surface area contributed by atoms with Crippen molar-refractivity contribution >= 4 is 23.8 Å². The Bertz CT molecular complexity index is 723. The van der Waals surface area contributed by atoms with Gasteiger partial charge in [0.25, 0.3) is 0 Å². The first-order chi connectivity index (χ1) is 11.9. The lowest BCUT2D eigenvalue weighted by atomic mass is 10.00. The number of amidine groups is 1. The van der Waals surface area contributed by atoms with Gasteiger partial charge in [-0.1, -0.05) is 19.9 Å². The summed E-state index contributed by atoms with van der Waals surface area (Å²) in [5.41, 5.74) is 2.94. The van der Waals surface area contributed by atoms with E-state index in [0.29, 0.717) is 5.92 Å². The average molecular weight is 392 g/mol. The maximum Gasteiger partial charge on any atom is 0.461 e. The van der Waals surface area contributed by atoms with E-state index < -0.39 is 24.0 Å². The summed E-state index contributed by atoms with van der Waals surface area (Å²) in [6.07, 6.45) is -4.39. The molecule has 0 bridgehead atoms. The molecule has 26 heavy (non-hydrogen) atoms. The van der Waals surface area contributed by atoms with Gasteiger partial charge in [-0.2, -0.15) is 22.0 Å². The van der Waals surface area contributed by atoms with E-state index in [9.17, 15) is 22.0 Å². The molecule has 1 aromatic carbocycles. The molecule has 1 aliphatic rings. The average Bonchev–Trinajstić information content (AvgIpc) is 2.96. The summed E-state index contributed by atoms with van der Waals surface area (Å²) in [7, 11) is 0. The lowest BCUT2D eigenvalue weighted by molar-refractivity contribution is -0.249. The van der Waals surface area contributed by atoms with Gasteiger partial charge < -0.3 is 0 Å². The minimum absolute atomic E-state index is 0.238. The predicted molar refractivity (Wildman–Crippen MR) is 95.9 cm³/mol. The summed E-state index contributed by atoms with van der Waals surface area (Å²) in [4.78, 5) is 7.82. The summed E-state index contributed by atoms with van der Waals surface area (Å²) in [5.74, 6) is -5.04. The molecule has 0 N–H and O–H groups in total. The summed E-state index contributed by atoms with van der Waals surface area (Å²) in [5, 5.41) is 0. The number of hydrogen-bond donors (Lipinski definition) is 0. The molecule has 8 heteroatoms. The summed E-state index contributed by atoms with van der Waals surface area (Å²) in [6, 6.07) is 3.16. The summed E-state index contributed by atoms with van der Waals surface area (Å²) in [6.45, 7) is 8.11. The Labute approximate surface area is 154 Å². The van der Waals surface area contributed by atoms with Crippen LogP contribution in [0.25, 0.3) is 0 Å². The third-order valence-corrected chi connectivity index (χ3v) is 5.51. The summed E-state index contributed by atoms with van der Waals surface area (Å²) < 4.78 is 64.0. The van der Waals surface area contributed by atoms with Gasteiger partial charge >= 0.3 is 12.1 Å². The number of hydrogen-bond acceptors (Lipinski definition) is 3. The second-order valence-corrected chi connectivity index (χ2v) is 7.89. The van der Waals surface area contributed by atoms with Crippen LogP contribution >= 0.6 is 11.8 Å². The highest BCUT2D eigenvalue weighted by atomic mass is 32.2. The molecule has 0 radical (unpaired) electrons. The van der Waals surface area contributed by atoms with Gasteiger partial charge in [0.15, 0.2) is 0 Å². The Morgan fingerprint density at radius 3 is 2.31 bits per heavy atom. The number of alkyl halides is 5. The smallest absolute Gasteiger partial charge is 0.255 e. The van der Waals surface area contributed by atoms with E-state index in [1.165, 1.54) is 0 Å². The van der Waals surface area contributed by atoms with Crippen LogP contribution in [-0.2, 0) is 6.42 Å². The SMILES string of the molecule is Cc1cc(C)c(SCC(C)C)cc1CC1C=NC(C(F)(F)C(F)(F)F)=N1. The standard InChI is InChI=1S/C18H21F5N2S/c1-10(2)9-26-15-7-13(11(3)5-12(15)4)6-14-8-24-16(25-14)17(19,20)18(21,22)23/h5,7-8,10,14H,6,9H2,1-4H3. The molecular formula is C18H21F5N2S. The number of rotatable bonds is 6. The lowest BCUT2D eigenvalue weighted by Crippen LogP contribution is -2.42. The van der Waals surface area contributed by atoms with Gasteiger partial charge in [0.2, 0.25) is 5.84 Å². The second kappa shape index (κ2) is 7.66. The molecule has 1 aromatic rings. The molecule has 1 heterocycles. The molecule has 0 spiro atoms. The molecule has 0 amide bonds. The monoisotopic (exact) mass is 392 g/mol. The molecule has 2 rings (SSSR count). The lowest BCUT2D eigenvalue weighted by Gasteiger charge is -2.17. The van der Waals surface area contributed by atoms with Gasteiger partial charge in [0, 0.05) is 23.3 Å². The van der Waals surface area contributed by atoms with Crippen molar-refractivity contribution in [1.29, 1.82) is 0 Å². The number of halogens is 5. The van der Waals surface area contributed by atoms with E-state index in [2.05, 4.69) is 23.8 Å². The molecule has 1 aliphatic heterocycles. The van der Waals surface area contributed by atoms with Crippen LogP contribution in [0.2, 0.25) is 0 Å². The zero-order valence-electron chi connectivity index (χ0n) is 15.0. The van der Waals surface area contributed by atoms with Gasteiger partial charge in [-0.15, -0.1) is 11.8 Å². The summed E-state index contributed by atoms with van der Waals surface area (Å²) >= 11 is 1.71. The Kier molecular flexibility index (Phi) is 6.15. The van der Waals surface area contributed by atoms with Crippen molar-refractivity contribution < 1.29 is 22.0 Å². The molecule has 0 fully saturated rings. The maximum absolute atomic E-state index is 13.3. The van der Waals surface area contributed by atoms with Gasteiger partial charge in [-0.05, 0) is 42.5 Å². The Balaban J connectivity index is 2.19. The van der Waals surface area contributed by atoms with Crippen molar-refractivity contribution in [1.82, 2.24) is 0 Å². The van der Waals surface area contributed by atoms with Crippen LogP contribution in [0.3, 0.4) is 0 Å². The van der Waals surface area contributed by atoms with Crippen LogP contribution in [0.15, 0.2) is 27.0 Å². The molecular weight excluding hydrogens is 371 g/mol. The van der Waals surface area contributed by atoms with Gasteiger partial charge in [-0.25, -0.2) is 4.99 Å². The highest BCUT2D eigenvalue weighted by Crippen LogP contribution is 2.38. The fourth-order valence-electron chi connectivity index (χ4n) is 2.50. The number of aryl methyl sites for hydroxylation is 2. The third-order valence-electron chi connectivity index (χ3n) is 3.93. The van der Waals surface area contributed by atoms with Crippen molar-refractivity contribution in [2.24, 2.45) is 15.9 Å². The maximum atomic E-state index is 13.3. The molecule has 0 saturated heterocycles. The Hall–Kier alpha value is -1.44. The molecule has 0 aromatic heterocycles. The number of benzene rings is 1. The highest BCUT2D eigenvalue weighted by molar-refractivity contribution is 7.99. The largest absolute Gasteiger partial charge is 0.461 e. The third kappa shape index (κ3) is 4.64. The van der Waals surface area contributed by atoms with Crippen LogP contribution in [0.1, 0.15) is 30.5 Å². The van der Waals surface area contributed by atoms with E-state index in [4.69, 9.17) is 0 Å². The zero-order chi connectivity index (χ0) is 19.7. The first kappa shape index (κ1) is 20.9.